The van der Waals surface area contributed by atoms with Crippen LogP contribution in [0.25, 0.3) is 11.2 Å². The molecule has 2 N–H and O–H groups in total. The topological polar surface area (TPSA) is 69.6 Å². The van der Waals surface area contributed by atoms with Gasteiger partial charge in [0.05, 0.1) is 16.4 Å². The molecule has 0 aliphatic heterocycles. The van der Waals surface area contributed by atoms with Crippen molar-refractivity contribution in [2.75, 3.05) is 11.5 Å². The Morgan fingerprint density at radius 3 is 2.68 bits per heavy atom. The third kappa shape index (κ3) is 3.14. The number of hydrogen-bond acceptors (Lipinski definition) is 5. The summed E-state index contributed by atoms with van der Waals surface area (Å²) in [7, 11) is 0. The van der Waals surface area contributed by atoms with Gasteiger partial charge < -0.3 is 10.3 Å². The number of hydrogen-bond donors (Lipinski definition) is 1. The molecule has 0 radical (unpaired) electrons. The summed E-state index contributed by atoms with van der Waals surface area (Å²) in [6.07, 6.45) is 4.12. The summed E-state index contributed by atoms with van der Waals surface area (Å²) < 4.78 is 1.97. The van der Waals surface area contributed by atoms with E-state index in [9.17, 15) is 0 Å². The Bertz CT molecular complexity index is 785. The normalized spacial score (nSPS) is 11.2. The van der Waals surface area contributed by atoms with Gasteiger partial charge in [-0.05, 0) is 24.3 Å². The summed E-state index contributed by atoms with van der Waals surface area (Å²) in [4.78, 5) is 13.3. The standard InChI is InChI=1S/C14H13Cl2N5S/c15-9-3-1-4-10(16)12(9)22-6-2-5-21-8-20-11-13(17)18-7-19-14(11)21/h1,3-4,7-8H,2,5-6H2,(H2,17,18,19). The molecule has 0 atom stereocenters. The number of aryl methyl sites for hydroxylation is 1. The number of halogens is 2. The maximum Gasteiger partial charge on any atom is 0.165 e. The maximum absolute atomic E-state index is 6.15. The number of imidazole rings is 1. The molecule has 0 saturated carbocycles. The van der Waals surface area contributed by atoms with Gasteiger partial charge in [-0.25, -0.2) is 15.0 Å². The first kappa shape index (κ1) is 15.4. The Morgan fingerprint density at radius 2 is 1.91 bits per heavy atom. The lowest BCUT2D eigenvalue weighted by molar-refractivity contribution is 0.696. The van der Waals surface area contributed by atoms with E-state index in [0.717, 1.165) is 29.3 Å². The number of thioether (sulfide) groups is 1. The summed E-state index contributed by atoms with van der Waals surface area (Å²) in [6.45, 7) is 0.794. The third-order valence-electron chi connectivity index (χ3n) is 3.14. The molecule has 0 saturated heterocycles. The number of nitrogens with two attached hydrogens (primary N) is 1. The molecule has 8 heteroatoms. The van der Waals surface area contributed by atoms with E-state index in [1.165, 1.54) is 6.33 Å². The van der Waals surface area contributed by atoms with Crippen molar-refractivity contribution in [3.8, 4) is 0 Å². The molecule has 0 amide bonds. The highest BCUT2D eigenvalue weighted by Gasteiger charge is 2.08. The van der Waals surface area contributed by atoms with Crippen molar-refractivity contribution in [1.29, 1.82) is 0 Å². The van der Waals surface area contributed by atoms with Gasteiger partial charge in [-0.3, -0.25) is 0 Å². The molecule has 3 rings (SSSR count). The Hall–Kier alpha value is -1.50. The van der Waals surface area contributed by atoms with Crippen LogP contribution in [0.3, 0.4) is 0 Å². The van der Waals surface area contributed by atoms with Crippen molar-refractivity contribution in [3.63, 3.8) is 0 Å². The second kappa shape index (κ2) is 6.73. The summed E-state index contributed by atoms with van der Waals surface area (Å²) >= 11 is 14.0. The van der Waals surface area contributed by atoms with Crippen LogP contribution in [0.1, 0.15) is 6.42 Å². The summed E-state index contributed by atoms with van der Waals surface area (Å²) in [5.74, 6) is 1.30. The number of nitrogens with zero attached hydrogens (tertiary/aromatic N) is 4. The third-order valence-corrected chi connectivity index (χ3v) is 5.21. The fourth-order valence-electron chi connectivity index (χ4n) is 2.09. The lowest BCUT2D eigenvalue weighted by Gasteiger charge is -2.07. The number of aromatic nitrogens is 4. The highest BCUT2D eigenvalue weighted by Crippen LogP contribution is 2.34. The van der Waals surface area contributed by atoms with Crippen LogP contribution in [0.5, 0.6) is 0 Å². The van der Waals surface area contributed by atoms with E-state index < -0.39 is 0 Å². The second-order valence-electron chi connectivity index (χ2n) is 4.62. The quantitative estimate of drug-likeness (QED) is 0.556. The Balaban J connectivity index is 1.62. The van der Waals surface area contributed by atoms with Crippen LogP contribution < -0.4 is 5.73 Å². The second-order valence-corrected chi connectivity index (χ2v) is 6.54. The predicted octanol–water partition coefficient (Wildman–Crippen LogP) is 3.90. The highest BCUT2D eigenvalue weighted by molar-refractivity contribution is 7.99. The summed E-state index contributed by atoms with van der Waals surface area (Å²) in [6, 6.07) is 5.54. The van der Waals surface area contributed by atoms with Crippen LogP contribution in [0.2, 0.25) is 10.0 Å². The van der Waals surface area contributed by atoms with Gasteiger partial charge in [0.15, 0.2) is 11.5 Å². The van der Waals surface area contributed by atoms with Gasteiger partial charge in [0, 0.05) is 11.4 Å². The van der Waals surface area contributed by atoms with Crippen LogP contribution in [0, 0.1) is 0 Å². The number of nitrogen functional groups attached to an aromatic ring is 1. The van der Waals surface area contributed by atoms with Crippen LogP contribution in [-0.2, 0) is 6.54 Å². The molecule has 114 valence electrons. The monoisotopic (exact) mass is 353 g/mol. The van der Waals surface area contributed by atoms with Crippen LogP contribution in [-0.4, -0.2) is 25.3 Å². The van der Waals surface area contributed by atoms with Crippen molar-refractivity contribution in [2.45, 2.75) is 17.9 Å². The molecule has 2 aromatic heterocycles. The fraction of sp³-hybridized carbons (Fsp3) is 0.214. The SMILES string of the molecule is Nc1ncnc2c1ncn2CCCSc1c(Cl)cccc1Cl. The average Bonchev–Trinajstić information content (AvgIpc) is 2.91. The van der Waals surface area contributed by atoms with Crippen molar-refractivity contribution >= 4 is 51.9 Å². The molecule has 0 bridgehead atoms. The zero-order valence-corrected chi connectivity index (χ0v) is 13.9. The predicted molar refractivity (Wildman–Crippen MR) is 91.5 cm³/mol. The first-order valence-corrected chi connectivity index (χ1v) is 8.39. The van der Waals surface area contributed by atoms with Gasteiger partial charge in [-0.1, -0.05) is 29.3 Å². The van der Waals surface area contributed by atoms with Crippen LogP contribution >= 0.6 is 35.0 Å². The molecule has 0 aliphatic rings. The van der Waals surface area contributed by atoms with E-state index in [-0.39, 0.29) is 0 Å². The van der Waals surface area contributed by atoms with Gasteiger partial charge in [-0.15, -0.1) is 11.8 Å². The Morgan fingerprint density at radius 1 is 1.14 bits per heavy atom. The molecule has 1 aromatic carbocycles. The molecular formula is C14H13Cl2N5S. The highest BCUT2D eigenvalue weighted by atomic mass is 35.5. The first-order valence-electron chi connectivity index (χ1n) is 6.65. The largest absolute Gasteiger partial charge is 0.382 e. The minimum Gasteiger partial charge on any atom is -0.382 e. The van der Waals surface area contributed by atoms with Gasteiger partial charge in [0.1, 0.15) is 11.8 Å². The molecule has 0 fully saturated rings. The number of fused-ring (bicyclic) bond motifs is 1. The van der Waals surface area contributed by atoms with Gasteiger partial charge in [-0.2, -0.15) is 0 Å². The molecule has 5 nitrogen and oxygen atoms in total. The lowest BCUT2D eigenvalue weighted by atomic mass is 10.4. The molecule has 0 spiro atoms. The van der Waals surface area contributed by atoms with Crippen molar-refractivity contribution < 1.29 is 0 Å². The number of benzene rings is 1. The van der Waals surface area contributed by atoms with E-state index in [1.807, 2.05) is 22.8 Å². The molecule has 3 aromatic rings. The Labute approximate surface area is 141 Å². The van der Waals surface area contributed by atoms with Crippen molar-refractivity contribution in [1.82, 2.24) is 19.5 Å². The van der Waals surface area contributed by atoms with E-state index in [1.54, 1.807) is 18.1 Å². The van der Waals surface area contributed by atoms with Crippen LogP contribution in [0.15, 0.2) is 35.7 Å². The van der Waals surface area contributed by atoms with E-state index in [2.05, 4.69) is 15.0 Å². The molecule has 0 unspecified atom stereocenters. The van der Waals surface area contributed by atoms with Gasteiger partial charge in [0.25, 0.3) is 0 Å². The number of anilines is 1. The molecular weight excluding hydrogens is 341 g/mol. The Kier molecular flexibility index (Phi) is 4.71. The molecule has 2 heterocycles. The van der Waals surface area contributed by atoms with Gasteiger partial charge >= 0.3 is 0 Å². The zero-order valence-electron chi connectivity index (χ0n) is 11.5. The van der Waals surface area contributed by atoms with E-state index >= 15 is 0 Å². The number of rotatable bonds is 5. The molecule has 0 aliphatic carbocycles. The maximum atomic E-state index is 6.15. The smallest absolute Gasteiger partial charge is 0.165 e. The van der Waals surface area contributed by atoms with Gasteiger partial charge in [0.2, 0.25) is 0 Å². The zero-order chi connectivity index (χ0) is 15.5. The first-order chi connectivity index (χ1) is 10.7. The molecule has 22 heavy (non-hydrogen) atoms. The lowest BCUT2D eigenvalue weighted by Crippen LogP contribution is -2.00. The van der Waals surface area contributed by atoms with E-state index in [0.29, 0.717) is 21.4 Å². The summed E-state index contributed by atoms with van der Waals surface area (Å²) in [5, 5.41) is 1.37. The summed E-state index contributed by atoms with van der Waals surface area (Å²) in [5.41, 5.74) is 7.17. The fourth-order valence-corrected chi connectivity index (χ4v) is 3.71. The minimum absolute atomic E-state index is 0.404. The van der Waals surface area contributed by atoms with Crippen molar-refractivity contribution in [3.05, 3.63) is 40.9 Å². The van der Waals surface area contributed by atoms with Crippen molar-refractivity contribution in [2.24, 2.45) is 0 Å². The van der Waals surface area contributed by atoms with E-state index in [4.69, 9.17) is 28.9 Å². The van der Waals surface area contributed by atoms with Crippen LogP contribution in [0.4, 0.5) is 5.82 Å². The average molecular weight is 354 g/mol. The minimum atomic E-state index is 0.404.